The topological polar surface area (TPSA) is 74.3 Å². The highest BCUT2D eigenvalue weighted by Crippen LogP contribution is 2.17. The lowest BCUT2D eigenvalue weighted by molar-refractivity contribution is 0.102. The molecule has 6 nitrogen and oxygen atoms in total. The highest BCUT2D eigenvalue weighted by molar-refractivity contribution is 6.08. The maximum Gasteiger partial charge on any atom is 0.257 e. The number of halogens is 1. The van der Waals surface area contributed by atoms with Crippen molar-refractivity contribution in [1.29, 1.82) is 0 Å². The molecule has 3 aromatic rings. The molecule has 0 spiro atoms. The molecule has 2 aromatic carbocycles. The molecule has 7 heteroatoms. The molecule has 0 aliphatic carbocycles. The number of aromatic nitrogens is 1. The van der Waals surface area contributed by atoms with E-state index in [4.69, 9.17) is 0 Å². The summed E-state index contributed by atoms with van der Waals surface area (Å²) in [5.74, 6) is -1.32. The predicted octanol–water partition coefficient (Wildman–Crippen LogP) is 3.79. The summed E-state index contributed by atoms with van der Waals surface area (Å²) in [5, 5.41) is 5.35. The number of rotatable bonds is 5. The molecular formula is C21H19FN4O2. The number of benzene rings is 2. The molecule has 28 heavy (non-hydrogen) atoms. The van der Waals surface area contributed by atoms with Crippen LogP contribution in [0.3, 0.4) is 0 Å². The summed E-state index contributed by atoms with van der Waals surface area (Å²) in [5.41, 5.74) is 2.39. The molecule has 1 aromatic heterocycles. The molecule has 1 heterocycles. The van der Waals surface area contributed by atoms with Crippen molar-refractivity contribution in [3.8, 4) is 0 Å². The van der Waals surface area contributed by atoms with Crippen molar-refractivity contribution in [1.82, 2.24) is 4.98 Å². The molecule has 0 bridgehead atoms. The van der Waals surface area contributed by atoms with Crippen LogP contribution in [-0.2, 0) is 0 Å². The van der Waals surface area contributed by atoms with Crippen LogP contribution in [0.2, 0.25) is 0 Å². The van der Waals surface area contributed by atoms with Gasteiger partial charge in [-0.3, -0.25) is 14.6 Å². The van der Waals surface area contributed by atoms with Crippen LogP contribution in [0.25, 0.3) is 0 Å². The summed E-state index contributed by atoms with van der Waals surface area (Å²) in [6.07, 6.45) is 2.72. The van der Waals surface area contributed by atoms with Gasteiger partial charge < -0.3 is 15.5 Å². The van der Waals surface area contributed by atoms with Crippen LogP contribution in [0.4, 0.5) is 21.5 Å². The summed E-state index contributed by atoms with van der Waals surface area (Å²) >= 11 is 0. The Labute approximate surface area is 162 Å². The minimum atomic E-state index is -0.483. The largest absolute Gasteiger partial charge is 0.378 e. The zero-order valence-corrected chi connectivity index (χ0v) is 15.4. The minimum Gasteiger partial charge on any atom is -0.378 e. The number of nitrogens with one attached hydrogen (secondary N) is 2. The van der Waals surface area contributed by atoms with E-state index < -0.39 is 11.7 Å². The quantitative estimate of drug-likeness (QED) is 0.708. The zero-order valence-electron chi connectivity index (χ0n) is 15.4. The second-order valence-electron chi connectivity index (χ2n) is 6.32. The van der Waals surface area contributed by atoms with Gasteiger partial charge in [0.25, 0.3) is 11.8 Å². The van der Waals surface area contributed by atoms with Gasteiger partial charge in [-0.25, -0.2) is 4.39 Å². The standard InChI is InChI=1S/C21H19FN4O2/c1-26(2)19-8-6-17(7-9-19)24-20(27)14-10-15(13-23-12-14)21(28)25-18-5-3-4-16(22)11-18/h3-13H,1-2H3,(H,24,27)(H,25,28). The predicted molar refractivity (Wildman–Crippen MR) is 107 cm³/mol. The van der Waals surface area contributed by atoms with Crippen LogP contribution in [0.1, 0.15) is 20.7 Å². The van der Waals surface area contributed by atoms with E-state index in [0.29, 0.717) is 11.4 Å². The van der Waals surface area contributed by atoms with Gasteiger partial charge >= 0.3 is 0 Å². The maximum absolute atomic E-state index is 13.2. The van der Waals surface area contributed by atoms with E-state index in [2.05, 4.69) is 15.6 Å². The average molecular weight is 378 g/mol. The van der Waals surface area contributed by atoms with E-state index in [1.807, 2.05) is 31.1 Å². The number of hydrogen-bond acceptors (Lipinski definition) is 4. The maximum atomic E-state index is 13.2. The van der Waals surface area contributed by atoms with Crippen LogP contribution in [0.15, 0.2) is 67.0 Å². The normalized spacial score (nSPS) is 10.2. The Morgan fingerprint density at radius 1 is 0.857 bits per heavy atom. The highest BCUT2D eigenvalue weighted by Gasteiger charge is 2.12. The van der Waals surface area contributed by atoms with Crippen molar-refractivity contribution in [3.05, 3.63) is 83.9 Å². The van der Waals surface area contributed by atoms with Crippen molar-refractivity contribution < 1.29 is 14.0 Å². The van der Waals surface area contributed by atoms with Crippen LogP contribution in [0, 0.1) is 5.82 Å². The van der Waals surface area contributed by atoms with Gasteiger partial charge in [-0.15, -0.1) is 0 Å². The van der Waals surface area contributed by atoms with E-state index >= 15 is 0 Å². The first-order chi connectivity index (χ1) is 13.4. The van der Waals surface area contributed by atoms with Gasteiger partial charge in [-0.1, -0.05) is 6.07 Å². The fraction of sp³-hybridized carbons (Fsp3) is 0.0952. The lowest BCUT2D eigenvalue weighted by atomic mass is 10.1. The summed E-state index contributed by atoms with van der Waals surface area (Å²) in [6.45, 7) is 0. The number of pyridine rings is 1. The van der Waals surface area contributed by atoms with Gasteiger partial charge in [0.05, 0.1) is 11.1 Å². The van der Waals surface area contributed by atoms with Gasteiger partial charge in [-0.2, -0.15) is 0 Å². The van der Waals surface area contributed by atoms with E-state index in [1.54, 1.807) is 18.2 Å². The lowest BCUT2D eigenvalue weighted by Gasteiger charge is -2.13. The molecule has 0 aliphatic rings. The summed E-state index contributed by atoms with van der Waals surface area (Å²) < 4.78 is 13.2. The molecule has 2 amide bonds. The first kappa shape index (κ1) is 19.0. The highest BCUT2D eigenvalue weighted by atomic mass is 19.1. The van der Waals surface area contributed by atoms with Crippen molar-refractivity contribution >= 4 is 28.9 Å². The first-order valence-electron chi connectivity index (χ1n) is 8.53. The van der Waals surface area contributed by atoms with Gasteiger partial charge in [0, 0.05) is 43.6 Å². The third-order valence-corrected chi connectivity index (χ3v) is 3.99. The molecule has 0 saturated heterocycles. The van der Waals surface area contributed by atoms with Crippen LogP contribution >= 0.6 is 0 Å². The monoisotopic (exact) mass is 378 g/mol. The second-order valence-corrected chi connectivity index (χ2v) is 6.32. The molecule has 0 fully saturated rings. The Hall–Kier alpha value is -3.74. The number of anilines is 3. The van der Waals surface area contributed by atoms with Gasteiger partial charge in [0.2, 0.25) is 0 Å². The Bertz CT molecular complexity index is 1000. The average Bonchev–Trinajstić information content (AvgIpc) is 2.68. The molecule has 0 radical (unpaired) electrons. The summed E-state index contributed by atoms with van der Waals surface area (Å²) in [7, 11) is 3.86. The van der Waals surface area contributed by atoms with Crippen molar-refractivity contribution in [2.45, 2.75) is 0 Å². The van der Waals surface area contributed by atoms with E-state index in [9.17, 15) is 14.0 Å². The van der Waals surface area contributed by atoms with E-state index in [0.717, 1.165) is 5.69 Å². The third kappa shape index (κ3) is 4.70. The van der Waals surface area contributed by atoms with E-state index in [-0.39, 0.29) is 17.0 Å². The number of nitrogens with zero attached hydrogens (tertiary/aromatic N) is 2. The zero-order chi connectivity index (χ0) is 20.1. The molecule has 0 unspecified atom stereocenters. The Kier molecular flexibility index (Phi) is 5.64. The number of carbonyl (C=O) groups excluding carboxylic acids is 2. The third-order valence-electron chi connectivity index (χ3n) is 3.99. The van der Waals surface area contributed by atoms with Crippen LogP contribution in [-0.4, -0.2) is 30.9 Å². The lowest BCUT2D eigenvalue weighted by Crippen LogP contribution is -2.16. The van der Waals surface area contributed by atoms with Gasteiger partial charge in [-0.05, 0) is 48.5 Å². The van der Waals surface area contributed by atoms with Crippen molar-refractivity contribution in [3.63, 3.8) is 0 Å². The molecule has 0 aliphatic heterocycles. The molecule has 0 atom stereocenters. The number of amides is 2. The smallest absolute Gasteiger partial charge is 0.257 e. The van der Waals surface area contributed by atoms with Crippen molar-refractivity contribution in [2.24, 2.45) is 0 Å². The molecule has 142 valence electrons. The molecule has 3 rings (SSSR count). The van der Waals surface area contributed by atoms with Crippen molar-refractivity contribution in [2.75, 3.05) is 29.6 Å². The van der Waals surface area contributed by atoms with Gasteiger partial charge in [0.15, 0.2) is 0 Å². The first-order valence-corrected chi connectivity index (χ1v) is 8.53. The SMILES string of the molecule is CN(C)c1ccc(NC(=O)c2cncc(C(=O)Nc3cccc(F)c3)c2)cc1. The van der Waals surface area contributed by atoms with Crippen LogP contribution < -0.4 is 15.5 Å². The summed E-state index contributed by atoms with van der Waals surface area (Å²) in [4.78, 5) is 30.7. The number of hydrogen-bond donors (Lipinski definition) is 2. The van der Waals surface area contributed by atoms with Gasteiger partial charge in [0.1, 0.15) is 5.82 Å². The number of carbonyl (C=O) groups is 2. The summed E-state index contributed by atoms with van der Waals surface area (Å²) in [6, 6.07) is 14.4. The van der Waals surface area contributed by atoms with Crippen LogP contribution in [0.5, 0.6) is 0 Å². The van der Waals surface area contributed by atoms with E-state index in [1.165, 1.54) is 36.7 Å². The Morgan fingerprint density at radius 2 is 1.46 bits per heavy atom. The second kappa shape index (κ2) is 8.30. The minimum absolute atomic E-state index is 0.194. The fourth-order valence-corrected chi connectivity index (χ4v) is 2.50. The Balaban J connectivity index is 1.71. The Morgan fingerprint density at radius 3 is 2.04 bits per heavy atom. The molecule has 0 saturated carbocycles. The molecule has 2 N–H and O–H groups in total. The fourth-order valence-electron chi connectivity index (χ4n) is 2.50. The molecular weight excluding hydrogens is 359 g/mol.